The van der Waals surface area contributed by atoms with Crippen LogP contribution in [0.1, 0.15) is 42.6 Å². The Balaban J connectivity index is 2.20. The first-order valence-electron chi connectivity index (χ1n) is 8.34. The molecule has 134 valence electrons. The summed E-state index contributed by atoms with van der Waals surface area (Å²) in [6.45, 7) is 5.07. The van der Waals surface area contributed by atoms with Crippen molar-refractivity contribution in [2.24, 2.45) is 11.7 Å². The van der Waals surface area contributed by atoms with Crippen LogP contribution in [0, 0.1) is 5.92 Å². The number of benzene rings is 1. The zero-order valence-electron chi connectivity index (χ0n) is 14.6. The van der Waals surface area contributed by atoms with E-state index in [4.69, 9.17) is 5.73 Å². The monoisotopic (exact) mass is 353 g/mol. The van der Waals surface area contributed by atoms with Gasteiger partial charge in [-0.1, -0.05) is 13.8 Å². The second-order valence-corrected chi connectivity index (χ2v) is 8.72. The first-order valence-corrected chi connectivity index (χ1v) is 10.2. The number of carbonyl (C=O) groups is 1. The number of nitrogens with two attached hydrogens (primary N) is 1. The third kappa shape index (κ3) is 4.48. The van der Waals surface area contributed by atoms with E-state index in [9.17, 15) is 13.2 Å². The molecule has 1 heterocycles. The number of rotatable bonds is 6. The molecule has 1 aromatic carbocycles. The summed E-state index contributed by atoms with van der Waals surface area (Å²) in [6, 6.07) is 5.15. The van der Waals surface area contributed by atoms with E-state index in [2.05, 4.69) is 19.2 Å². The number of amides is 1. The van der Waals surface area contributed by atoms with E-state index in [0.717, 1.165) is 24.8 Å². The molecule has 3 N–H and O–H groups in total. The predicted molar refractivity (Wildman–Crippen MR) is 96.7 cm³/mol. The number of hydrogen-bond donors (Lipinski definition) is 2. The van der Waals surface area contributed by atoms with Gasteiger partial charge in [0.25, 0.3) is 5.91 Å². The zero-order chi connectivity index (χ0) is 17.9. The molecule has 1 unspecified atom stereocenters. The largest absolute Gasteiger partial charge is 0.348 e. The summed E-state index contributed by atoms with van der Waals surface area (Å²) < 4.78 is 25.2. The number of anilines is 1. The van der Waals surface area contributed by atoms with E-state index in [1.807, 2.05) is 0 Å². The van der Waals surface area contributed by atoms with Crippen molar-refractivity contribution in [2.45, 2.75) is 39.2 Å². The van der Waals surface area contributed by atoms with Gasteiger partial charge in [0, 0.05) is 24.7 Å². The molecule has 1 aromatic rings. The lowest BCUT2D eigenvalue weighted by atomic mass is 9.99. The molecule has 0 fully saturated rings. The van der Waals surface area contributed by atoms with Crippen molar-refractivity contribution in [3.05, 3.63) is 29.3 Å². The lowest BCUT2D eigenvalue weighted by Gasteiger charge is -2.29. The smallest absolute Gasteiger partial charge is 0.251 e. The SMILES string of the molecule is CC(C)CC(CN)NC(=O)c1ccc2c(c1)CCCN2S(C)(=O)=O. The fourth-order valence-electron chi connectivity index (χ4n) is 3.10. The molecule has 0 saturated carbocycles. The molecule has 7 heteroatoms. The summed E-state index contributed by atoms with van der Waals surface area (Å²) in [7, 11) is -3.29. The average Bonchev–Trinajstić information content (AvgIpc) is 2.51. The van der Waals surface area contributed by atoms with Crippen molar-refractivity contribution in [1.82, 2.24) is 5.32 Å². The lowest BCUT2D eigenvalue weighted by Crippen LogP contribution is -2.41. The Kier molecular flexibility index (Phi) is 5.87. The minimum atomic E-state index is -3.29. The highest BCUT2D eigenvalue weighted by atomic mass is 32.2. The number of hydrogen-bond acceptors (Lipinski definition) is 4. The Morgan fingerprint density at radius 2 is 2.08 bits per heavy atom. The molecule has 1 amide bonds. The molecule has 0 radical (unpaired) electrons. The quantitative estimate of drug-likeness (QED) is 0.811. The van der Waals surface area contributed by atoms with Crippen molar-refractivity contribution in [3.8, 4) is 0 Å². The van der Waals surface area contributed by atoms with Gasteiger partial charge in [0.15, 0.2) is 0 Å². The molecule has 0 aliphatic carbocycles. The maximum Gasteiger partial charge on any atom is 0.251 e. The van der Waals surface area contributed by atoms with E-state index in [-0.39, 0.29) is 11.9 Å². The van der Waals surface area contributed by atoms with Gasteiger partial charge < -0.3 is 11.1 Å². The van der Waals surface area contributed by atoms with Gasteiger partial charge in [0.05, 0.1) is 11.9 Å². The van der Waals surface area contributed by atoms with Gasteiger partial charge in [-0.25, -0.2) is 8.42 Å². The molecule has 1 aliphatic heterocycles. The summed E-state index contributed by atoms with van der Waals surface area (Å²) in [5.41, 5.74) is 7.86. The van der Waals surface area contributed by atoms with Crippen molar-refractivity contribution in [1.29, 1.82) is 0 Å². The zero-order valence-corrected chi connectivity index (χ0v) is 15.4. The highest BCUT2D eigenvalue weighted by Gasteiger charge is 2.25. The van der Waals surface area contributed by atoms with E-state index in [0.29, 0.717) is 30.3 Å². The third-order valence-corrected chi connectivity index (χ3v) is 5.37. The molecular weight excluding hydrogens is 326 g/mol. The summed E-state index contributed by atoms with van der Waals surface area (Å²) >= 11 is 0. The molecule has 0 spiro atoms. The van der Waals surface area contributed by atoms with Crippen LogP contribution in [0.15, 0.2) is 18.2 Å². The van der Waals surface area contributed by atoms with Crippen LogP contribution in [0.4, 0.5) is 5.69 Å². The molecular formula is C17H27N3O3S. The van der Waals surface area contributed by atoms with Crippen LogP contribution in [-0.2, 0) is 16.4 Å². The van der Waals surface area contributed by atoms with Crippen LogP contribution in [0.5, 0.6) is 0 Å². The van der Waals surface area contributed by atoms with E-state index < -0.39 is 10.0 Å². The minimum Gasteiger partial charge on any atom is -0.348 e. The van der Waals surface area contributed by atoms with Crippen molar-refractivity contribution < 1.29 is 13.2 Å². The Morgan fingerprint density at radius 1 is 1.38 bits per heavy atom. The van der Waals surface area contributed by atoms with Gasteiger partial charge >= 0.3 is 0 Å². The Morgan fingerprint density at radius 3 is 2.67 bits per heavy atom. The van der Waals surface area contributed by atoms with Crippen molar-refractivity contribution in [3.63, 3.8) is 0 Å². The number of sulfonamides is 1. The standard InChI is InChI=1S/C17H27N3O3S/c1-12(2)9-15(11-18)19-17(21)14-6-7-16-13(10-14)5-4-8-20(16)24(3,22)23/h6-7,10,12,15H,4-5,8-9,11,18H2,1-3H3,(H,19,21). The highest BCUT2D eigenvalue weighted by Crippen LogP contribution is 2.29. The topological polar surface area (TPSA) is 92.5 Å². The number of aryl methyl sites for hydroxylation is 1. The number of nitrogens with one attached hydrogen (secondary N) is 1. The van der Waals surface area contributed by atoms with Crippen LogP contribution in [0.25, 0.3) is 0 Å². The minimum absolute atomic E-state index is 0.0546. The number of carbonyl (C=O) groups excluding carboxylic acids is 1. The number of fused-ring (bicyclic) bond motifs is 1. The lowest BCUT2D eigenvalue weighted by molar-refractivity contribution is 0.0933. The Labute approximate surface area is 144 Å². The van der Waals surface area contributed by atoms with Gasteiger partial charge in [-0.2, -0.15) is 0 Å². The maximum absolute atomic E-state index is 12.5. The van der Waals surface area contributed by atoms with Crippen LogP contribution >= 0.6 is 0 Å². The first-order chi connectivity index (χ1) is 11.2. The van der Waals surface area contributed by atoms with Gasteiger partial charge in [0.1, 0.15) is 0 Å². The average molecular weight is 353 g/mol. The normalized spacial score (nSPS) is 16.0. The molecule has 0 saturated heterocycles. The highest BCUT2D eigenvalue weighted by molar-refractivity contribution is 7.92. The van der Waals surface area contributed by atoms with Crippen LogP contribution in [-0.4, -0.2) is 39.7 Å². The first kappa shape index (κ1) is 18.7. The van der Waals surface area contributed by atoms with E-state index in [1.54, 1.807) is 18.2 Å². The van der Waals surface area contributed by atoms with Crippen LogP contribution < -0.4 is 15.4 Å². The van der Waals surface area contributed by atoms with Gasteiger partial charge in [-0.15, -0.1) is 0 Å². The third-order valence-electron chi connectivity index (χ3n) is 4.19. The molecule has 6 nitrogen and oxygen atoms in total. The Hall–Kier alpha value is -1.60. The summed E-state index contributed by atoms with van der Waals surface area (Å²) in [5.74, 6) is 0.288. The van der Waals surface area contributed by atoms with E-state index >= 15 is 0 Å². The molecule has 0 bridgehead atoms. The van der Waals surface area contributed by atoms with Crippen molar-refractivity contribution in [2.75, 3.05) is 23.7 Å². The Bertz CT molecular complexity index is 701. The van der Waals surface area contributed by atoms with Gasteiger partial charge in [0.2, 0.25) is 10.0 Å². The van der Waals surface area contributed by atoms with Crippen LogP contribution in [0.2, 0.25) is 0 Å². The number of nitrogens with zero attached hydrogens (tertiary/aromatic N) is 1. The summed E-state index contributed by atoms with van der Waals surface area (Å²) in [6.07, 6.45) is 3.56. The molecule has 1 aliphatic rings. The van der Waals surface area contributed by atoms with Gasteiger partial charge in [-0.3, -0.25) is 9.10 Å². The van der Waals surface area contributed by atoms with Crippen molar-refractivity contribution >= 4 is 21.6 Å². The fourth-order valence-corrected chi connectivity index (χ4v) is 4.10. The fraction of sp³-hybridized carbons (Fsp3) is 0.588. The predicted octanol–water partition coefficient (Wildman–Crippen LogP) is 1.50. The molecule has 0 aromatic heterocycles. The van der Waals surface area contributed by atoms with Crippen LogP contribution in [0.3, 0.4) is 0 Å². The second-order valence-electron chi connectivity index (χ2n) is 6.82. The second kappa shape index (κ2) is 7.53. The summed E-state index contributed by atoms with van der Waals surface area (Å²) in [5, 5.41) is 2.97. The molecule has 24 heavy (non-hydrogen) atoms. The molecule has 2 rings (SSSR count). The molecule has 1 atom stereocenters. The van der Waals surface area contributed by atoms with Gasteiger partial charge in [-0.05, 0) is 48.9 Å². The maximum atomic E-state index is 12.5. The summed E-state index contributed by atoms with van der Waals surface area (Å²) in [4.78, 5) is 12.5. The van der Waals surface area contributed by atoms with E-state index in [1.165, 1.54) is 10.6 Å².